The van der Waals surface area contributed by atoms with E-state index in [0.717, 1.165) is 4.57 Å². The van der Waals surface area contributed by atoms with Gasteiger partial charge in [0.15, 0.2) is 6.10 Å². The largest absolute Gasteiger partial charge is 0.494 e. The highest BCUT2D eigenvalue weighted by molar-refractivity contribution is 6.03. The molecule has 0 fully saturated rings. The number of carbonyl (C=O) groups excluding carboxylic acids is 1. The highest BCUT2D eigenvalue weighted by Crippen LogP contribution is 2.27. The molecule has 136 valence electrons. The molecule has 1 heterocycles. The van der Waals surface area contributed by atoms with Crippen LogP contribution in [0.2, 0.25) is 0 Å². The topological polar surface area (TPSA) is 92.3 Å². The van der Waals surface area contributed by atoms with Crippen LogP contribution in [0.15, 0.2) is 29.1 Å². The predicted molar refractivity (Wildman–Crippen MR) is 93.0 cm³/mol. The zero-order valence-corrected chi connectivity index (χ0v) is 14.9. The average Bonchev–Trinajstić information content (AvgIpc) is 2.56. The van der Waals surface area contributed by atoms with Crippen molar-refractivity contribution in [2.45, 2.75) is 39.8 Å². The SMILES string of the molecule is Cc1c(C(=O)C(C)Oc2ccc(F)cc2)c(O)n(C(C)C)c(=O)c1C#N. The van der Waals surface area contributed by atoms with Crippen LogP contribution in [-0.2, 0) is 0 Å². The van der Waals surface area contributed by atoms with Gasteiger partial charge in [-0.3, -0.25) is 14.2 Å². The Balaban J connectivity index is 2.51. The Morgan fingerprint density at radius 1 is 1.27 bits per heavy atom. The van der Waals surface area contributed by atoms with Gasteiger partial charge in [-0.05, 0) is 57.5 Å². The summed E-state index contributed by atoms with van der Waals surface area (Å²) in [6.07, 6.45) is -1.02. The van der Waals surface area contributed by atoms with Crippen LogP contribution in [0.3, 0.4) is 0 Å². The number of ether oxygens (including phenoxy) is 1. The molecular weight excluding hydrogens is 339 g/mol. The molecule has 2 aromatic rings. The number of nitriles is 1. The molecule has 6 nitrogen and oxygen atoms in total. The Bertz CT molecular complexity index is 940. The highest BCUT2D eigenvalue weighted by atomic mass is 19.1. The number of Topliss-reactive ketones (excluding diaryl/α,β-unsaturated/α-hetero) is 1. The van der Waals surface area contributed by atoms with E-state index in [-0.39, 0.29) is 22.4 Å². The number of aromatic hydroxyl groups is 1. The summed E-state index contributed by atoms with van der Waals surface area (Å²) in [6.45, 7) is 6.22. The summed E-state index contributed by atoms with van der Waals surface area (Å²) in [4.78, 5) is 25.2. The number of halogens is 1. The lowest BCUT2D eigenvalue weighted by Crippen LogP contribution is -2.31. The first kappa shape index (κ1) is 19.2. The lowest BCUT2D eigenvalue weighted by molar-refractivity contribution is 0.0812. The minimum Gasteiger partial charge on any atom is -0.494 e. The standard InChI is InChI=1S/C19H19FN2O4/c1-10(2)22-18(24)15(9-21)11(3)16(19(22)25)17(23)12(4)26-14-7-5-13(20)6-8-14/h5-8,10,12,25H,1-4H3. The summed E-state index contributed by atoms with van der Waals surface area (Å²) in [7, 11) is 0. The first-order valence-corrected chi connectivity index (χ1v) is 8.03. The molecule has 1 aromatic carbocycles. The molecule has 0 aliphatic heterocycles. The lowest BCUT2D eigenvalue weighted by atomic mass is 9.99. The number of hydrogen-bond acceptors (Lipinski definition) is 5. The van der Waals surface area contributed by atoms with Crippen LogP contribution in [-0.4, -0.2) is 21.6 Å². The number of ketones is 1. The number of carbonyl (C=O) groups is 1. The van der Waals surface area contributed by atoms with Gasteiger partial charge >= 0.3 is 0 Å². The third-order valence-electron chi connectivity index (χ3n) is 4.00. The first-order valence-electron chi connectivity index (χ1n) is 8.03. The molecule has 1 atom stereocenters. The molecule has 0 amide bonds. The van der Waals surface area contributed by atoms with Gasteiger partial charge in [0.05, 0.1) is 5.56 Å². The molecule has 0 radical (unpaired) electrons. The van der Waals surface area contributed by atoms with E-state index in [4.69, 9.17) is 4.74 Å². The van der Waals surface area contributed by atoms with E-state index < -0.39 is 35.2 Å². The number of rotatable bonds is 5. The van der Waals surface area contributed by atoms with Crippen LogP contribution >= 0.6 is 0 Å². The average molecular weight is 358 g/mol. The molecule has 7 heteroatoms. The molecule has 1 aromatic heterocycles. The van der Waals surface area contributed by atoms with E-state index in [2.05, 4.69) is 0 Å². The Kier molecular flexibility index (Phi) is 5.46. The van der Waals surface area contributed by atoms with Crippen molar-refractivity contribution >= 4 is 5.78 Å². The van der Waals surface area contributed by atoms with Crippen molar-refractivity contribution in [2.24, 2.45) is 0 Å². The van der Waals surface area contributed by atoms with Crippen LogP contribution in [0.1, 0.15) is 48.3 Å². The van der Waals surface area contributed by atoms with Gasteiger partial charge in [0.1, 0.15) is 23.2 Å². The van der Waals surface area contributed by atoms with Crippen LogP contribution < -0.4 is 10.3 Å². The fourth-order valence-corrected chi connectivity index (χ4v) is 2.67. The van der Waals surface area contributed by atoms with E-state index in [0.29, 0.717) is 0 Å². The zero-order chi connectivity index (χ0) is 19.6. The first-order chi connectivity index (χ1) is 12.2. The number of hydrogen-bond donors (Lipinski definition) is 1. The Hall–Kier alpha value is -3.14. The molecule has 0 aliphatic rings. The van der Waals surface area contributed by atoms with Crippen molar-refractivity contribution < 1.29 is 19.0 Å². The summed E-state index contributed by atoms with van der Waals surface area (Å²) < 4.78 is 19.5. The number of pyridine rings is 1. The summed E-state index contributed by atoms with van der Waals surface area (Å²) in [6, 6.07) is 6.49. The molecule has 0 saturated heterocycles. The number of aromatic nitrogens is 1. The van der Waals surface area contributed by atoms with E-state index >= 15 is 0 Å². The Morgan fingerprint density at radius 2 is 1.85 bits per heavy atom. The van der Waals surface area contributed by atoms with E-state index in [1.807, 2.05) is 0 Å². The molecule has 2 rings (SSSR count). The molecule has 0 bridgehead atoms. The molecule has 0 saturated carbocycles. The molecule has 1 unspecified atom stereocenters. The van der Waals surface area contributed by atoms with Crippen LogP contribution in [0.5, 0.6) is 11.6 Å². The van der Waals surface area contributed by atoms with E-state index in [1.165, 1.54) is 38.1 Å². The second kappa shape index (κ2) is 7.40. The van der Waals surface area contributed by atoms with Gasteiger partial charge < -0.3 is 9.84 Å². The quantitative estimate of drug-likeness (QED) is 0.829. The minimum absolute atomic E-state index is 0.103. The van der Waals surface area contributed by atoms with Gasteiger partial charge in [-0.1, -0.05) is 0 Å². The van der Waals surface area contributed by atoms with Crippen molar-refractivity contribution in [3.63, 3.8) is 0 Å². The van der Waals surface area contributed by atoms with Crippen molar-refractivity contribution in [1.82, 2.24) is 4.57 Å². The van der Waals surface area contributed by atoms with Crippen molar-refractivity contribution in [3.8, 4) is 17.7 Å². The third kappa shape index (κ3) is 3.45. The van der Waals surface area contributed by atoms with Gasteiger partial charge in [-0.25, -0.2) is 4.39 Å². The zero-order valence-electron chi connectivity index (χ0n) is 14.9. The van der Waals surface area contributed by atoms with Crippen molar-refractivity contribution in [3.05, 3.63) is 57.1 Å². The summed E-state index contributed by atoms with van der Waals surface area (Å²) in [5.74, 6) is -1.24. The Labute approximate surface area is 150 Å². The van der Waals surface area contributed by atoms with Crippen LogP contribution in [0.25, 0.3) is 0 Å². The van der Waals surface area contributed by atoms with Crippen LogP contribution in [0.4, 0.5) is 4.39 Å². The van der Waals surface area contributed by atoms with Crippen LogP contribution in [0, 0.1) is 24.1 Å². The van der Waals surface area contributed by atoms with Gasteiger partial charge in [0.25, 0.3) is 5.56 Å². The molecule has 26 heavy (non-hydrogen) atoms. The lowest BCUT2D eigenvalue weighted by Gasteiger charge is -2.20. The minimum atomic E-state index is -1.02. The second-order valence-electron chi connectivity index (χ2n) is 6.16. The van der Waals surface area contributed by atoms with Gasteiger partial charge in [0.2, 0.25) is 11.7 Å². The highest BCUT2D eigenvalue weighted by Gasteiger charge is 2.28. The molecule has 0 spiro atoms. The molecule has 1 N–H and O–H groups in total. The monoisotopic (exact) mass is 358 g/mol. The Morgan fingerprint density at radius 3 is 2.35 bits per heavy atom. The third-order valence-corrected chi connectivity index (χ3v) is 4.00. The fraction of sp³-hybridized carbons (Fsp3) is 0.316. The number of nitrogens with zero attached hydrogens (tertiary/aromatic N) is 2. The van der Waals surface area contributed by atoms with E-state index in [9.17, 15) is 24.3 Å². The second-order valence-corrected chi connectivity index (χ2v) is 6.16. The predicted octanol–water partition coefficient (Wildman–Crippen LogP) is 3.10. The van der Waals surface area contributed by atoms with Gasteiger partial charge in [-0.15, -0.1) is 0 Å². The maximum absolute atomic E-state index is 13.0. The summed E-state index contributed by atoms with van der Waals surface area (Å²) in [5, 5.41) is 19.8. The fourth-order valence-electron chi connectivity index (χ4n) is 2.67. The number of benzene rings is 1. The maximum atomic E-state index is 13.0. The van der Waals surface area contributed by atoms with Crippen molar-refractivity contribution in [2.75, 3.05) is 0 Å². The molecule has 0 aliphatic carbocycles. The smallest absolute Gasteiger partial charge is 0.271 e. The maximum Gasteiger partial charge on any atom is 0.271 e. The van der Waals surface area contributed by atoms with Gasteiger partial charge in [0, 0.05) is 6.04 Å². The van der Waals surface area contributed by atoms with E-state index in [1.54, 1.807) is 19.9 Å². The van der Waals surface area contributed by atoms with Gasteiger partial charge in [-0.2, -0.15) is 5.26 Å². The summed E-state index contributed by atoms with van der Waals surface area (Å²) in [5.41, 5.74) is -0.883. The van der Waals surface area contributed by atoms with Crippen molar-refractivity contribution in [1.29, 1.82) is 5.26 Å². The summed E-state index contributed by atoms with van der Waals surface area (Å²) >= 11 is 0. The normalized spacial score (nSPS) is 11.9. The molecular formula is C19H19FN2O4.